The van der Waals surface area contributed by atoms with Crippen molar-refractivity contribution in [3.8, 4) is 23.0 Å². The third kappa shape index (κ3) is 10.0. The molecule has 7 heteroatoms. The molecule has 0 saturated heterocycles. The van der Waals surface area contributed by atoms with E-state index in [0.29, 0.717) is 36.6 Å². The highest BCUT2D eigenvalue weighted by molar-refractivity contribution is 5.72. The summed E-state index contributed by atoms with van der Waals surface area (Å²) >= 11 is 0. The Labute approximate surface area is 283 Å². The Morgan fingerprint density at radius 3 is 1.19 bits per heavy atom. The highest BCUT2D eigenvalue weighted by Crippen LogP contribution is 2.34. The lowest BCUT2D eigenvalue weighted by molar-refractivity contribution is -0.135. The first-order chi connectivity index (χ1) is 23.0. The summed E-state index contributed by atoms with van der Waals surface area (Å²) < 4.78 is 16.0. The van der Waals surface area contributed by atoms with Crippen LogP contribution >= 0.6 is 0 Å². The van der Waals surface area contributed by atoms with Crippen molar-refractivity contribution in [1.29, 1.82) is 0 Å². The highest BCUT2D eigenvalue weighted by Gasteiger charge is 2.24. The van der Waals surface area contributed by atoms with E-state index < -0.39 is 0 Å². The molecule has 48 heavy (non-hydrogen) atoms. The maximum absolute atomic E-state index is 12.4. The molecule has 0 saturated carbocycles. The third-order valence-corrected chi connectivity index (χ3v) is 8.98. The van der Waals surface area contributed by atoms with E-state index in [2.05, 4.69) is 27.7 Å². The van der Waals surface area contributed by atoms with E-state index in [1.807, 2.05) is 72.8 Å². The van der Waals surface area contributed by atoms with Gasteiger partial charge in [0.2, 0.25) is 0 Å². The lowest BCUT2D eigenvalue weighted by atomic mass is 9.78. The van der Waals surface area contributed by atoms with Crippen LogP contribution in [0.4, 0.5) is 0 Å². The van der Waals surface area contributed by atoms with Crippen molar-refractivity contribution < 1.29 is 33.7 Å². The Bertz CT molecular complexity index is 1620. The molecule has 252 valence electrons. The normalized spacial score (nSPS) is 11.5. The Balaban J connectivity index is 1.08. The Hall–Kier alpha value is -4.91. The third-order valence-electron chi connectivity index (χ3n) is 8.98. The molecule has 0 aromatic heterocycles. The molecule has 0 heterocycles. The average Bonchev–Trinajstić information content (AvgIpc) is 3.07. The van der Waals surface area contributed by atoms with Crippen LogP contribution in [0.3, 0.4) is 0 Å². The molecule has 4 aromatic rings. The second kappa shape index (κ2) is 16.8. The van der Waals surface area contributed by atoms with Crippen LogP contribution in [0.1, 0.15) is 101 Å². The largest absolute Gasteiger partial charge is 0.508 e. The molecule has 0 aliphatic heterocycles. The first-order valence-electron chi connectivity index (χ1n) is 16.6. The molecule has 4 rings (SSSR count). The van der Waals surface area contributed by atoms with Gasteiger partial charge in [-0.1, -0.05) is 102 Å². The number of benzene rings is 4. The molecule has 0 unspecified atom stereocenters. The van der Waals surface area contributed by atoms with Gasteiger partial charge in [-0.2, -0.15) is 0 Å². The molecule has 0 aliphatic carbocycles. The lowest BCUT2D eigenvalue weighted by Crippen LogP contribution is -2.18. The van der Waals surface area contributed by atoms with Crippen LogP contribution in [0, 0.1) is 0 Å². The van der Waals surface area contributed by atoms with Gasteiger partial charge in [0.25, 0.3) is 6.47 Å². The molecule has 0 fully saturated rings. The minimum absolute atomic E-state index is 0.236. The summed E-state index contributed by atoms with van der Waals surface area (Å²) in [4.78, 5) is 35.3. The summed E-state index contributed by atoms with van der Waals surface area (Å²) in [6, 6.07) is 29.8. The number of rotatable bonds is 17. The van der Waals surface area contributed by atoms with E-state index in [1.54, 1.807) is 24.3 Å². The summed E-state index contributed by atoms with van der Waals surface area (Å²) in [5, 5.41) is 9.59. The standard InChI is InChI=1S/C41H46O7/c1-40(2,30-13-21-34(43)22-14-30)32-17-25-36(26-18-32)47-38(44)11-9-7-5-6-8-10-12-39(45)48-37-27-19-33(20-28-37)41(3,4)31-15-23-35(24-16-31)46-29-42/h13-29,43H,5-12H2,1-4H3. The van der Waals surface area contributed by atoms with Crippen LogP contribution in [0.5, 0.6) is 23.0 Å². The summed E-state index contributed by atoms with van der Waals surface area (Å²) in [5.74, 6) is 1.31. The molecule has 0 spiro atoms. The first-order valence-corrected chi connectivity index (χ1v) is 16.6. The highest BCUT2D eigenvalue weighted by atomic mass is 16.5. The van der Waals surface area contributed by atoms with Crippen molar-refractivity contribution in [3.63, 3.8) is 0 Å². The van der Waals surface area contributed by atoms with E-state index in [0.717, 1.165) is 60.8 Å². The van der Waals surface area contributed by atoms with Gasteiger partial charge in [0.1, 0.15) is 23.0 Å². The Kier molecular flexibility index (Phi) is 12.6. The van der Waals surface area contributed by atoms with Crippen molar-refractivity contribution >= 4 is 18.4 Å². The summed E-state index contributed by atoms with van der Waals surface area (Å²) in [6.45, 7) is 8.87. The van der Waals surface area contributed by atoms with Gasteiger partial charge in [-0.05, 0) is 83.6 Å². The predicted molar refractivity (Wildman–Crippen MR) is 187 cm³/mol. The van der Waals surface area contributed by atoms with Gasteiger partial charge in [0, 0.05) is 23.7 Å². The zero-order valence-electron chi connectivity index (χ0n) is 28.4. The van der Waals surface area contributed by atoms with Crippen LogP contribution in [-0.4, -0.2) is 23.5 Å². The number of ether oxygens (including phenoxy) is 3. The second-order valence-corrected chi connectivity index (χ2v) is 13.2. The Morgan fingerprint density at radius 1 is 0.521 bits per heavy atom. The maximum atomic E-state index is 12.4. The maximum Gasteiger partial charge on any atom is 0.311 e. The van der Waals surface area contributed by atoms with Crippen LogP contribution < -0.4 is 14.2 Å². The van der Waals surface area contributed by atoms with Gasteiger partial charge in [0.15, 0.2) is 0 Å². The molecule has 4 aromatic carbocycles. The Morgan fingerprint density at radius 2 is 0.833 bits per heavy atom. The number of unbranched alkanes of at least 4 members (excludes halogenated alkanes) is 5. The lowest BCUT2D eigenvalue weighted by Gasteiger charge is -2.26. The van der Waals surface area contributed by atoms with Crippen molar-refractivity contribution in [1.82, 2.24) is 0 Å². The quantitative estimate of drug-likeness (QED) is 0.0526. The molecule has 0 atom stereocenters. The monoisotopic (exact) mass is 650 g/mol. The molecule has 0 radical (unpaired) electrons. The van der Waals surface area contributed by atoms with E-state index in [1.165, 1.54) is 0 Å². The van der Waals surface area contributed by atoms with E-state index in [-0.39, 0.29) is 28.5 Å². The number of phenolic OH excluding ortho intramolecular Hbond substituents is 1. The van der Waals surface area contributed by atoms with Gasteiger partial charge in [-0.3, -0.25) is 14.4 Å². The van der Waals surface area contributed by atoms with Crippen molar-refractivity contribution in [2.24, 2.45) is 0 Å². The topological polar surface area (TPSA) is 99.1 Å². The fourth-order valence-electron chi connectivity index (χ4n) is 5.71. The van der Waals surface area contributed by atoms with Crippen molar-refractivity contribution in [2.45, 2.75) is 89.9 Å². The number of hydrogen-bond donors (Lipinski definition) is 1. The fourth-order valence-corrected chi connectivity index (χ4v) is 5.71. The molecule has 0 amide bonds. The minimum atomic E-state index is -0.288. The zero-order valence-corrected chi connectivity index (χ0v) is 28.4. The fraction of sp³-hybridized carbons (Fsp3) is 0.341. The van der Waals surface area contributed by atoms with Gasteiger partial charge in [-0.15, -0.1) is 0 Å². The summed E-state index contributed by atoms with van der Waals surface area (Å²) in [7, 11) is 0. The SMILES string of the molecule is CC(C)(c1ccc(O)cc1)c1ccc(OC(=O)CCCCCCCCC(=O)Oc2ccc(C(C)(C)c3ccc(OC=O)cc3)cc2)cc1. The van der Waals surface area contributed by atoms with Gasteiger partial charge >= 0.3 is 11.9 Å². The first kappa shape index (κ1) is 35.9. The molecular weight excluding hydrogens is 604 g/mol. The van der Waals surface area contributed by atoms with E-state index in [4.69, 9.17) is 14.2 Å². The smallest absolute Gasteiger partial charge is 0.311 e. The molecule has 0 bridgehead atoms. The van der Waals surface area contributed by atoms with Crippen LogP contribution in [-0.2, 0) is 25.2 Å². The number of carbonyl (C=O) groups is 3. The molecule has 0 aliphatic rings. The number of aromatic hydroxyl groups is 1. The average molecular weight is 651 g/mol. The second-order valence-electron chi connectivity index (χ2n) is 13.2. The van der Waals surface area contributed by atoms with Crippen LogP contribution in [0.15, 0.2) is 97.1 Å². The van der Waals surface area contributed by atoms with Crippen LogP contribution in [0.2, 0.25) is 0 Å². The van der Waals surface area contributed by atoms with E-state index >= 15 is 0 Å². The predicted octanol–water partition coefficient (Wildman–Crippen LogP) is 9.21. The minimum Gasteiger partial charge on any atom is -0.508 e. The van der Waals surface area contributed by atoms with Crippen molar-refractivity contribution in [2.75, 3.05) is 0 Å². The van der Waals surface area contributed by atoms with Crippen molar-refractivity contribution in [3.05, 3.63) is 119 Å². The van der Waals surface area contributed by atoms with E-state index in [9.17, 15) is 19.5 Å². The number of carbonyl (C=O) groups excluding carboxylic acids is 3. The van der Waals surface area contributed by atoms with Gasteiger partial charge in [-0.25, -0.2) is 0 Å². The number of hydrogen-bond acceptors (Lipinski definition) is 7. The molecule has 1 N–H and O–H groups in total. The molecular formula is C41H46O7. The number of esters is 2. The van der Waals surface area contributed by atoms with Gasteiger partial charge < -0.3 is 19.3 Å². The van der Waals surface area contributed by atoms with Gasteiger partial charge in [0.05, 0.1) is 0 Å². The zero-order chi connectivity index (χ0) is 34.6. The summed E-state index contributed by atoms with van der Waals surface area (Å²) in [6.07, 6.45) is 6.09. The van der Waals surface area contributed by atoms with Crippen LogP contribution in [0.25, 0.3) is 0 Å². The summed E-state index contributed by atoms with van der Waals surface area (Å²) in [5.41, 5.74) is 3.76. The number of phenols is 1. The molecule has 7 nitrogen and oxygen atoms in total.